The average molecular weight is 313 g/mol. The molecule has 1 heterocycles. The lowest BCUT2D eigenvalue weighted by Crippen LogP contribution is -2.39. The maximum Gasteiger partial charge on any atom is 0.0961 e. The van der Waals surface area contributed by atoms with Crippen molar-refractivity contribution in [1.29, 1.82) is 0 Å². The van der Waals surface area contributed by atoms with Crippen LogP contribution in [0.15, 0.2) is 23.4 Å². The van der Waals surface area contributed by atoms with E-state index in [4.69, 9.17) is 11.6 Å². The van der Waals surface area contributed by atoms with Crippen LogP contribution in [-0.2, 0) is 0 Å². The third kappa shape index (κ3) is 5.27. The van der Waals surface area contributed by atoms with Gasteiger partial charge in [0, 0.05) is 18.0 Å². The van der Waals surface area contributed by atoms with Crippen molar-refractivity contribution in [2.75, 3.05) is 12.3 Å². The van der Waals surface area contributed by atoms with Crippen molar-refractivity contribution >= 4 is 23.4 Å². The van der Waals surface area contributed by atoms with Crippen LogP contribution in [-0.4, -0.2) is 23.3 Å². The average Bonchev–Trinajstić information content (AvgIpc) is 2.50. The highest BCUT2D eigenvalue weighted by atomic mass is 35.5. The number of halogens is 1. The van der Waals surface area contributed by atoms with Gasteiger partial charge in [-0.25, -0.2) is 4.98 Å². The summed E-state index contributed by atoms with van der Waals surface area (Å²) in [6.45, 7) is 3.36. The number of thioether (sulfide) groups is 1. The Morgan fingerprint density at radius 3 is 2.80 bits per heavy atom. The molecule has 0 spiro atoms. The first-order chi connectivity index (χ1) is 9.79. The third-order valence-corrected chi connectivity index (χ3v) is 5.27. The molecule has 1 aliphatic carbocycles. The van der Waals surface area contributed by atoms with Crippen molar-refractivity contribution in [3.63, 3.8) is 0 Å². The second-order valence-corrected chi connectivity index (χ2v) is 7.06. The molecule has 112 valence electrons. The summed E-state index contributed by atoms with van der Waals surface area (Å²) < 4.78 is 0. The van der Waals surface area contributed by atoms with Crippen molar-refractivity contribution in [2.45, 2.75) is 56.5 Å². The zero-order chi connectivity index (χ0) is 14.2. The van der Waals surface area contributed by atoms with Crippen LogP contribution in [0.5, 0.6) is 0 Å². The van der Waals surface area contributed by atoms with Crippen molar-refractivity contribution in [3.8, 4) is 0 Å². The van der Waals surface area contributed by atoms with Gasteiger partial charge in [0.05, 0.1) is 10.0 Å². The second-order valence-electron chi connectivity index (χ2n) is 5.58. The Morgan fingerprint density at radius 1 is 1.35 bits per heavy atom. The quantitative estimate of drug-likeness (QED) is 0.734. The molecule has 1 aromatic rings. The van der Waals surface area contributed by atoms with Crippen LogP contribution in [0.2, 0.25) is 5.02 Å². The van der Waals surface area contributed by atoms with Gasteiger partial charge in [-0.1, -0.05) is 37.8 Å². The van der Waals surface area contributed by atoms with E-state index < -0.39 is 0 Å². The van der Waals surface area contributed by atoms with Gasteiger partial charge < -0.3 is 5.32 Å². The lowest BCUT2D eigenvalue weighted by Gasteiger charge is -2.30. The Hall–Kier alpha value is -0.250. The van der Waals surface area contributed by atoms with Crippen LogP contribution < -0.4 is 5.32 Å². The number of rotatable bonds is 7. The summed E-state index contributed by atoms with van der Waals surface area (Å²) in [5.74, 6) is 1.95. The van der Waals surface area contributed by atoms with E-state index in [9.17, 15) is 0 Å². The number of pyridine rings is 1. The van der Waals surface area contributed by atoms with E-state index in [1.54, 1.807) is 6.20 Å². The minimum atomic E-state index is 0.623. The maximum atomic E-state index is 5.88. The Morgan fingerprint density at radius 2 is 2.15 bits per heavy atom. The largest absolute Gasteiger partial charge is 0.313 e. The van der Waals surface area contributed by atoms with Crippen molar-refractivity contribution in [3.05, 3.63) is 23.4 Å². The SMILES string of the molecule is CCCNC(CSc1ccc(Cl)cn1)C1CCCCC1. The first-order valence-corrected chi connectivity index (χ1v) is 9.13. The van der Waals surface area contributed by atoms with Crippen LogP contribution in [0.4, 0.5) is 0 Å². The molecule has 2 nitrogen and oxygen atoms in total. The van der Waals surface area contributed by atoms with Crippen molar-refractivity contribution in [2.24, 2.45) is 5.92 Å². The molecular weight excluding hydrogens is 288 g/mol. The summed E-state index contributed by atoms with van der Waals surface area (Å²) in [6.07, 6.45) is 9.93. The standard InChI is InChI=1S/C16H25ClN2S/c1-2-10-18-15(13-6-4-3-5-7-13)12-20-16-9-8-14(17)11-19-16/h8-9,11,13,15,18H,2-7,10,12H2,1H3. The first-order valence-electron chi connectivity index (χ1n) is 7.77. The summed E-state index contributed by atoms with van der Waals surface area (Å²) in [5.41, 5.74) is 0. The molecule has 1 unspecified atom stereocenters. The summed E-state index contributed by atoms with van der Waals surface area (Å²) in [7, 11) is 0. The number of aromatic nitrogens is 1. The normalized spacial score (nSPS) is 18.1. The second kappa shape index (κ2) is 8.91. The number of hydrogen-bond acceptors (Lipinski definition) is 3. The fourth-order valence-corrected chi connectivity index (χ4v) is 3.99. The van der Waals surface area contributed by atoms with Crippen LogP contribution in [0.1, 0.15) is 45.4 Å². The van der Waals surface area contributed by atoms with Gasteiger partial charge in [-0.05, 0) is 43.9 Å². The summed E-state index contributed by atoms with van der Waals surface area (Å²) in [6, 6.07) is 4.56. The van der Waals surface area contributed by atoms with E-state index in [2.05, 4.69) is 17.2 Å². The molecule has 20 heavy (non-hydrogen) atoms. The number of nitrogens with zero attached hydrogens (tertiary/aromatic N) is 1. The van der Waals surface area contributed by atoms with E-state index in [-0.39, 0.29) is 0 Å². The van der Waals surface area contributed by atoms with Gasteiger partial charge in [0.15, 0.2) is 0 Å². The molecule has 1 saturated carbocycles. The molecule has 0 amide bonds. The lowest BCUT2D eigenvalue weighted by molar-refractivity contribution is 0.285. The van der Waals surface area contributed by atoms with E-state index >= 15 is 0 Å². The predicted molar refractivity (Wildman–Crippen MR) is 88.6 cm³/mol. The summed E-state index contributed by atoms with van der Waals surface area (Å²) in [4.78, 5) is 4.38. The molecule has 1 aromatic heterocycles. The highest BCUT2D eigenvalue weighted by Gasteiger charge is 2.23. The molecule has 0 aromatic carbocycles. The molecule has 4 heteroatoms. The highest BCUT2D eigenvalue weighted by molar-refractivity contribution is 7.99. The molecule has 1 N–H and O–H groups in total. The van der Waals surface area contributed by atoms with Gasteiger partial charge >= 0.3 is 0 Å². The van der Waals surface area contributed by atoms with Gasteiger partial charge in [-0.3, -0.25) is 0 Å². The van der Waals surface area contributed by atoms with E-state index in [0.717, 1.165) is 23.2 Å². The molecule has 1 aliphatic rings. The molecule has 2 rings (SSSR count). The molecule has 0 saturated heterocycles. The van der Waals surface area contributed by atoms with Crippen LogP contribution >= 0.6 is 23.4 Å². The molecule has 0 radical (unpaired) electrons. The van der Waals surface area contributed by atoms with E-state index in [1.807, 2.05) is 23.9 Å². The third-order valence-electron chi connectivity index (χ3n) is 3.99. The highest BCUT2D eigenvalue weighted by Crippen LogP contribution is 2.29. The molecule has 0 bridgehead atoms. The van der Waals surface area contributed by atoms with Crippen molar-refractivity contribution in [1.82, 2.24) is 10.3 Å². The Labute approximate surface area is 132 Å². The number of hydrogen-bond donors (Lipinski definition) is 1. The zero-order valence-electron chi connectivity index (χ0n) is 12.3. The summed E-state index contributed by atoms with van der Waals surface area (Å²) >= 11 is 7.73. The lowest BCUT2D eigenvalue weighted by atomic mass is 9.84. The van der Waals surface area contributed by atoms with Gasteiger partial charge in [0.25, 0.3) is 0 Å². The molecule has 1 fully saturated rings. The smallest absolute Gasteiger partial charge is 0.0961 e. The fourth-order valence-electron chi connectivity index (χ4n) is 2.85. The predicted octanol–water partition coefficient (Wildman–Crippen LogP) is 4.78. The van der Waals surface area contributed by atoms with Crippen molar-refractivity contribution < 1.29 is 0 Å². The minimum Gasteiger partial charge on any atom is -0.313 e. The summed E-state index contributed by atoms with van der Waals surface area (Å²) in [5, 5.41) is 5.53. The Bertz CT molecular complexity index is 377. The number of nitrogens with one attached hydrogen (secondary N) is 1. The minimum absolute atomic E-state index is 0.623. The topological polar surface area (TPSA) is 24.9 Å². The first kappa shape index (κ1) is 16.1. The molecular formula is C16H25ClN2S. The monoisotopic (exact) mass is 312 g/mol. The zero-order valence-corrected chi connectivity index (χ0v) is 13.8. The Kier molecular flexibility index (Phi) is 7.18. The Balaban J connectivity index is 1.87. The maximum absolute atomic E-state index is 5.88. The molecule has 0 aliphatic heterocycles. The van der Waals surface area contributed by atoms with Crippen LogP contribution in [0.25, 0.3) is 0 Å². The van der Waals surface area contributed by atoms with Gasteiger partial charge in [-0.15, -0.1) is 11.8 Å². The van der Waals surface area contributed by atoms with E-state index in [0.29, 0.717) is 11.1 Å². The van der Waals surface area contributed by atoms with E-state index in [1.165, 1.54) is 38.5 Å². The molecule has 1 atom stereocenters. The van der Waals surface area contributed by atoms with Gasteiger partial charge in [0.2, 0.25) is 0 Å². The van der Waals surface area contributed by atoms with Crippen LogP contribution in [0, 0.1) is 5.92 Å². The fraction of sp³-hybridized carbons (Fsp3) is 0.688. The van der Waals surface area contributed by atoms with Gasteiger partial charge in [0.1, 0.15) is 0 Å². The van der Waals surface area contributed by atoms with Crippen LogP contribution in [0.3, 0.4) is 0 Å². The van der Waals surface area contributed by atoms with Gasteiger partial charge in [-0.2, -0.15) is 0 Å².